The number of hydrogen-bond donors (Lipinski definition) is 3. The molecule has 0 saturated carbocycles. The lowest BCUT2D eigenvalue weighted by Crippen LogP contribution is -2.20. The van der Waals surface area contributed by atoms with E-state index in [-0.39, 0.29) is 11.7 Å². The largest absolute Gasteiger partial charge is 0.409 e. The van der Waals surface area contributed by atoms with E-state index >= 15 is 0 Å². The normalized spacial score (nSPS) is 11.4. The summed E-state index contributed by atoms with van der Waals surface area (Å²) >= 11 is 1.40. The third-order valence-electron chi connectivity index (χ3n) is 2.74. The molecule has 104 valence electrons. The summed E-state index contributed by atoms with van der Waals surface area (Å²) in [5.74, 6) is -0.375. The summed E-state index contributed by atoms with van der Waals surface area (Å²) in [6.45, 7) is 3.64. The van der Waals surface area contributed by atoms with Gasteiger partial charge in [0.05, 0.1) is 10.7 Å². The quantitative estimate of drug-likeness (QED) is 0.349. The third-order valence-corrected chi connectivity index (χ3v) is 3.51. The second kappa shape index (κ2) is 5.70. The van der Waals surface area contributed by atoms with Gasteiger partial charge in [0.25, 0.3) is 5.91 Å². The number of rotatable bonds is 3. The van der Waals surface area contributed by atoms with Crippen molar-refractivity contribution in [3.8, 4) is 0 Å². The van der Waals surface area contributed by atoms with Gasteiger partial charge in [-0.15, -0.1) is 11.3 Å². The zero-order valence-corrected chi connectivity index (χ0v) is 11.9. The fourth-order valence-electron chi connectivity index (χ4n) is 1.82. The van der Waals surface area contributed by atoms with Crippen molar-refractivity contribution in [2.24, 2.45) is 10.9 Å². The summed E-state index contributed by atoms with van der Waals surface area (Å²) in [7, 11) is 0. The van der Waals surface area contributed by atoms with E-state index in [4.69, 9.17) is 10.9 Å². The first-order valence-corrected chi connectivity index (χ1v) is 6.72. The Morgan fingerprint density at radius 1 is 1.45 bits per heavy atom. The Kier molecular flexibility index (Phi) is 3.99. The molecule has 2 aromatic rings. The highest BCUT2D eigenvalue weighted by Crippen LogP contribution is 2.20. The summed E-state index contributed by atoms with van der Waals surface area (Å²) in [4.78, 5) is 16.2. The van der Waals surface area contributed by atoms with Crippen LogP contribution in [0.25, 0.3) is 0 Å². The smallest absolute Gasteiger partial charge is 0.275 e. The molecular formula is C13H14N4O2S. The average molecular weight is 290 g/mol. The highest BCUT2D eigenvalue weighted by molar-refractivity contribution is 7.09. The molecule has 0 fully saturated rings. The van der Waals surface area contributed by atoms with Crippen LogP contribution < -0.4 is 11.1 Å². The van der Waals surface area contributed by atoms with E-state index < -0.39 is 0 Å². The molecule has 0 atom stereocenters. The van der Waals surface area contributed by atoms with Gasteiger partial charge in [0, 0.05) is 10.9 Å². The number of oxime groups is 1. The fourth-order valence-corrected chi connectivity index (χ4v) is 2.41. The van der Waals surface area contributed by atoms with Crippen molar-refractivity contribution in [3.05, 3.63) is 45.4 Å². The number of thiazole rings is 1. The van der Waals surface area contributed by atoms with Gasteiger partial charge in [-0.05, 0) is 25.5 Å². The molecule has 0 bridgehead atoms. The molecule has 0 aliphatic heterocycles. The number of amides is 1. The first-order chi connectivity index (χ1) is 9.52. The van der Waals surface area contributed by atoms with E-state index in [1.54, 1.807) is 17.5 Å². The first kappa shape index (κ1) is 14.0. The van der Waals surface area contributed by atoms with Crippen molar-refractivity contribution in [3.63, 3.8) is 0 Å². The van der Waals surface area contributed by atoms with E-state index in [9.17, 15) is 4.79 Å². The monoisotopic (exact) mass is 290 g/mol. The summed E-state index contributed by atoms with van der Waals surface area (Å²) in [5.41, 5.74) is 7.77. The molecular weight excluding hydrogens is 276 g/mol. The molecule has 1 amide bonds. The summed E-state index contributed by atoms with van der Waals surface area (Å²) in [5, 5.41) is 17.1. The molecule has 4 N–H and O–H groups in total. The van der Waals surface area contributed by atoms with Crippen molar-refractivity contribution in [2.75, 3.05) is 5.32 Å². The second-order valence-corrected chi connectivity index (χ2v) is 5.25. The van der Waals surface area contributed by atoms with Crippen molar-refractivity contribution < 1.29 is 10.0 Å². The third kappa shape index (κ3) is 2.77. The highest BCUT2D eigenvalue weighted by atomic mass is 32.1. The first-order valence-electron chi connectivity index (χ1n) is 5.84. The molecule has 0 unspecified atom stereocenters. The van der Waals surface area contributed by atoms with Crippen molar-refractivity contribution in [1.29, 1.82) is 0 Å². The van der Waals surface area contributed by atoms with E-state index in [1.807, 2.05) is 19.9 Å². The Morgan fingerprint density at radius 3 is 2.80 bits per heavy atom. The number of nitrogens with zero attached hydrogens (tertiary/aromatic N) is 2. The number of anilines is 1. The molecule has 1 aromatic heterocycles. The maximum absolute atomic E-state index is 12.1. The van der Waals surface area contributed by atoms with Crippen LogP contribution >= 0.6 is 11.3 Å². The Labute approximate surface area is 120 Å². The van der Waals surface area contributed by atoms with E-state index in [0.29, 0.717) is 16.9 Å². The lowest BCUT2D eigenvalue weighted by Gasteiger charge is -2.11. The fraction of sp³-hybridized carbons (Fsp3) is 0.154. The van der Waals surface area contributed by atoms with Crippen LogP contribution in [-0.2, 0) is 0 Å². The lowest BCUT2D eigenvalue weighted by atomic mass is 10.1. The minimum Gasteiger partial charge on any atom is -0.409 e. The number of benzene rings is 1. The van der Waals surface area contributed by atoms with Crippen molar-refractivity contribution in [1.82, 2.24) is 4.98 Å². The van der Waals surface area contributed by atoms with Crippen LogP contribution in [0.4, 0.5) is 5.69 Å². The summed E-state index contributed by atoms with van der Waals surface area (Å²) in [6, 6.07) is 5.29. The van der Waals surface area contributed by atoms with Gasteiger partial charge in [-0.25, -0.2) is 4.98 Å². The van der Waals surface area contributed by atoms with Gasteiger partial charge in [-0.2, -0.15) is 0 Å². The topological polar surface area (TPSA) is 101 Å². The van der Waals surface area contributed by atoms with Gasteiger partial charge in [-0.1, -0.05) is 17.3 Å². The number of nitrogens with two attached hydrogens (primary N) is 1. The van der Waals surface area contributed by atoms with Gasteiger partial charge in [-0.3, -0.25) is 4.79 Å². The number of nitrogens with one attached hydrogen (secondary N) is 1. The number of amidine groups is 1. The Hall–Kier alpha value is -2.41. The Bertz CT molecular complexity index is 679. The van der Waals surface area contributed by atoms with Crippen molar-refractivity contribution >= 4 is 28.8 Å². The summed E-state index contributed by atoms with van der Waals surface area (Å²) < 4.78 is 0. The maximum Gasteiger partial charge on any atom is 0.275 e. The molecule has 1 aromatic carbocycles. The van der Waals surface area contributed by atoms with Crippen LogP contribution in [-0.4, -0.2) is 21.9 Å². The standard InChI is InChI=1S/C13H14N4O2S/c1-7-4-3-5-9(11(7)12(14)17-19)16-13(18)10-6-20-8(2)15-10/h3-6,19H,1-2H3,(H2,14,17)(H,16,18). The zero-order valence-electron chi connectivity index (χ0n) is 11.0. The van der Waals surface area contributed by atoms with Gasteiger partial charge in [0.15, 0.2) is 5.84 Å². The number of carbonyl (C=O) groups is 1. The maximum atomic E-state index is 12.1. The molecule has 0 spiro atoms. The lowest BCUT2D eigenvalue weighted by molar-refractivity contribution is 0.102. The van der Waals surface area contributed by atoms with Gasteiger partial charge < -0.3 is 16.3 Å². The van der Waals surface area contributed by atoms with Gasteiger partial charge in [0.2, 0.25) is 0 Å². The van der Waals surface area contributed by atoms with E-state index in [0.717, 1.165) is 10.6 Å². The molecule has 2 rings (SSSR count). The molecule has 0 aliphatic carbocycles. The molecule has 1 heterocycles. The van der Waals surface area contributed by atoms with Gasteiger partial charge in [0.1, 0.15) is 5.69 Å². The molecule has 20 heavy (non-hydrogen) atoms. The van der Waals surface area contributed by atoms with E-state index in [1.165, 1.54) is 11.3 Å². The Balaban J connectivity index is 2.34. The van der Waals surface area contributed by atoms with Crippen LogP contribution in [0.15, 0.2) is 28.7 Å². The van der Waals surface area contributed by atoms with Crippen LogP contribution in [0.5, 0.6) is 0 Å². The minimum atomic E-state index is -0.327. The van der Waals surface area contributed by atoms with E-state index in [2.05, 4.69) is 15.5 Å². The number of hydrogen-bond acceptors (Lipinski definition) is 5. The zero-order chi connectivity index (χ0) is 14.7. The highest BCUT2D eigenvalue weighted by Gasteiger charge is 2.15. The van der Waals surface area contributed by atoms with Crippen LogP contribution in [0, 0.1) is 13.8 Å². The van der Waals surface area contributed by atoms with Crippen LogP contribution in [0.2, 0.25) is 0 Å². The minimum absolute atomic E-state index is 0.0483. The average Bonchev–Trinajstić information content (AvgIpc) is 2.85. The number of carbonyl (C=O) groups excluding carboxylic acids is 1. The number of aromatic nitrogens is 1. The number of aryl methyl sites for hydroxylation is 2. The summed E-state index contributed by atoms with van der Waals surface area (Å²) in [6.07, 6.45) is 0. The molecule has 0 saturated heterocycles. The predicted octanol–water partition coefficient (Wildman–Crippen LogP) is 2.11. The molecule has 6 nitrogen and oxygen atoms in total. The molecule has 0 aliphatic rings. The molecule has 7 heteroatoms. The second-order valence-electron chi connectivity index (χ2n) is 4.19. The van der Waals surface area contributed by atoms with Crippen LogP contribution in [0.1, 0.15) is 26.6 Å². The molecule has 0 radical (unpaired) electrons. The van der Waals surface area contributed by atoms with Gasteiger partial charge >= 0.3 is 0 Å². The van der Waals surface area contributed by atoms with Crippen LogP contribution in [0.3, 0.4) is 0 Å². The Morgan fingerprint density at radius 2 is 2.20 bits per heavy atom. The van der Waals surface area contributed by atoms with Crippen molar-refractivity contribution in [2.45, 2.75) is 13.8 Å². The predicted molar refractivity (Wildman–Crippen MR) is 78.5 cm³/mol. The SMILES string of the molecule is Cc1nc(C(=O)Nc2cccc(C)c2/C(N)=N/O)cs1.